The van der Waals surface area contributed by atoms with Crippen LogP contribution < -0.4 is 31.6 Å². The number of nitrogens with one attached hydrogen (secondary N) is 4. The van der Waals surface area contributed by atoms with Gasteiger partial charge in [0.25, 0.3) is 5.91 Å². The Kier molecular flexibility index (Phi) is 20.6. The average molecular weight is 904 g/mol. The van der Waals surface area contributed by atoms with Crippen LogP contribution in [0.3, 0.4) is 0 Å². The lowest BCUT2D eigenvalue weighted by atomic mass is 10.0. The number of hydrogen-bond acceptors (Lipinski definition) is 9. The van der Waals surface area contributed by atoms with Gasteiger partial charge in [0, 0.05) is 34.9 Å². The van der Waals surface area contributed by atoms with Crippen molar-refractivity contribution in [2.24, 2.45) is 22.5 Å². The van der Waals surface area contributed by atoms with E-state index >= 15 is 0 Å². The number of halogens is 6. The minimum Gasteiger partial charge on any atom is -0.480 e. The van der Waals surface area contributed by atoms with Crippen LogP contribution in [0.2, 0.25) is 0 Å². The minimum absolute atomic E-state index is 0.0301. The van der Waals surface area contributed by atoms with E-state index in [1.165, 1.54) is 38.1 Å². The topological polar surface area (TPSA) is 259 Å². The molecular weight excluding hydrogens is 853 g/mol. The second-order valence-corrected chi connectivity index (χ2v) is 15.1. The van der Waals surface area contributed by atoms with Gasteiger partial charge in [0.05, 0.1) is 23.8 Å². The number of carbonyl (C=O) groups excluding carboxylic acids is 4. The van der Waals surface area contributed by atoms with E-state index in [0.717, 1.165) is 25.7 Å². The van der Waals surface area contributed by atoms with Crippen LogP contribution in [0.5, 0.6) is 11.5 Å². The van der Waals surface area contributed by atoms with Gasteiger partial charge in [-0.1, -0.05) is 42.9 Å². The zero-order valence-corrected chi connectivity index (χ0v) is 35.3. The molecule has 4 rings (SSSR count). The summed E-state index contributed by atoms with van der Waals surface area (Å²) >= 11 is 0. The van der Waals surface area contributed by atoms with Gasteiger partial charge in [0.15, 0.2) is 46.3 Å². The van der Waals surface area contributed by atoms with Crippen molar-refractivity contribution in [3.63, 3.8) is 0 Å². The van der Waals surface area contributed by atoms with Gasteiger partial charge in [-0.05, 0) is 93.3 Å². The SMILES string of the molecule is Cc1cc(F)c(F)c(OCC(=O)[C@H](CCCCC(=N)N)NC(=O)C2CCCC2)c1F.Cc1cc(F)c(F)c(OCC(=O)[C@H](CCCCC(=N)N)NC(=O)c2cccc(N=[N+]=[N-])c2)c1F. The monoisotopic (exact) mass is 903 g/mol. The summed E-state index contributed by atoms with van der Waals surface area (Å²) in [6.07, 6.45) is 6.43. The summed E-state index contributed by atoms with van der Waals surface area (Å²) in [5.41, 5.74) is 19.2. The summed E-state index contributed by atoms with van der Waals surface area (Å²) in [7, 11) is 0. The number of hydrogen-bond donors (Lipinski definition) is 6. The maximum atomic E-state index is 14.2. The Hall–Kier alpha value is -6.63. The highest BCUT2D eigenvalue weighted by atomic mass is 19.2. The molecule has 0 heterocycles. The lowest BCUT2D eigenvalue weighted by Gasteiger charge is -2.20. The van der Waals surface area contributed by atoms with E-state index in [1.54, 1.807) is 0 Å². The van der Waals surface area contributed by atoms with Crippen LogP contribution in [0.25, 0.3) is 10.4 Å². The number of ether oxygens (including phenoxy) is 2. The third-order valence-corrected chi connectivity index (χ3v) is 10.1. The van der Waals surface area contributed by atoms with Gasteiger partial charge in [-0.3, -0.25) is 30.0 Å². The second kappa shape index (κ2) is 25.5. The summed E-state index contributed by atoms with van der Waals surface area (Å²) in [5, 5.41) is 23.2. The number of ketones is 2. The van der Waals surface area contributed by atoms with Crippen LogP contribution in [0.1, 0.15) is 98.5 Å². The molecule has 0 unspecified atom stereocenters. The molecule has 8 N–H and O–H groups in total. The molecule has 21 heteroatoms. The van der Waals surface area contributed by atoms with Gasteiger partial charge in [-0.25, -0.2) is 17.6 Å². The normalized spacial score (nSPS) is 13.1. The Morgan fingerprint density at radius 3 is 1.67 bits per heavy atom. The molecule has 1 aliphatic rings. The Bertz CT molecular complexity index is 2180. The number of benzene rings is 3. The number of unbranched alkanes of at least 4 members (excludes halogenated alkanes) is 2. The smallest absolute Gasteiger partial charge is 0.251 e. The van der Waals surface area contributed by atoms with Gasteiger partial charge in [0.2, 0.25) is 17.5 Å². The summed E-state index contributed by atoms with van der Waals surface area (Å²) < 4.78 is 93.2. The van der Waals surface area contributed by atoms with Crippen LogP contribution in [-0.4, -0.2) is 60.3 Å². The third-order valence-electron chi connectivity index (χ3n) is 10.1. The third kappa shape index (κ3) is 15.9. The Morgan fingerprint density at radius 2 is 1.22 bits per heavy atom. The van der Waals surface area contributed by atoms with E-state index in [0.29, 0.717) is 50.7 Å². The van der Waals surface area contributed by atoms with Crippen LogP contribution in [0.15, 0.2) is 41.5 Å². The van der Waals surface area contributed by atoms with Crippen LogP contribution >= 0.6 is 0 Å². The van der Waals surface area contributed by atoms with Gasteiger partial charge >= 0.3 is 0 Å². The van der Waals surface area contributed by atoms with Gasteiger partial charge < -0.3 is 31.6 Å². The van der Waals surface area contributed by atoms with E-state index in [-0.39, 0.29) is 58.7 Å². The molecule has 0 radical (unpaired) electrons. The number of rotatable bonds is 23. The van der Waals surface area contributed by atoms with E-state index < -0.39 is 89.2 Å². The van der Waals surface area contributed by atoms with Crippen LogP contribution in [0, 0.1) is 65.5 Å². The quantitative estimate of drug-likeness (QED) is 0.00789. The number of amidine groups is 2. The van der Waals surface area contributed by atoms with Crippen molar-refractivity contribution in [1.29, 1.82) is 10.8 Å². The largest absolute Gasteiger partial charge is 0.480 e. The highest BCUT2D eigenvalue weighted by Crippen LogP contribution is 2.29. The van der Waals surface area contributed by atoms with Crippen molar-refractivity contribution in [2.75, 3.05) is 13.2 Å². The summed E-state index contributed by atoms with van der Waals surface area (Å²) in [4.78, 5) is 53.2. The lowest BCUT2D eigenvalue weighted by Crippen LogP contribution is -2.45. The Labute approximate surface area is 365 Å². The molecule has 0 bridgehead atoms. The van der Waals surface area contributed by atoms with Crippen molar-refractivity contribution >= 4 is 40.7 Å². The van der Waals surface area contributed by atoms with E-state index in [9.17, 15) is 45.5 Å². The number of aryl methyl sites for hydroxylation is 2. The first-order chi connectivity index (χ1) is 30.3. The average Bonchev–Trinajstić information content (AvgIpc) is 3.80. The second-order valence-electron chi connectivity index (χ2n) is 15.1. The fourth-order valence-corrected chi connectivity index (χ4v) is 6.58. The fraction of sp³-hybridized carbons (Fsp3) is 0.442. The first kappa shape index (κ1) is 51.7. The zero-order valence-electron chi connectivity index (χ0n) is 35.3. The zero-order chi connectivity index (χ0) is 47.5. The molecule has 0 spiro atoms. The predicted octanol–water partition coefficient (Wildman–Crippen LogP) is 8.13. The van der Waals surface area contributed by atoms with Crippen LogP contribution in [-0.2, 0) is 14.4 Å². The molecule has 0 saturated heterocycles. The number of amides is 2. The molecule has 15 nitrogen and oxygen atoms in total. The molecule has 1 saturated carbocycles. The highest BCUT2D eigenvalue weighted by molar-refractivity contribution is 5.98. The molecule has 1 aliphatic carbocycles. The van der Waals surface area contributed by atoms with Crippen molar-refractivity contribution in [1.82, 2.24) is 10.6 Å². The molecule has 0 aliphatic heterocycles. The molecule has 0 aromatic heterocycles. The van der Waals surface area contributed by atoms with Crippen LogP contribution in [0.4, 0.5) is 32.0 Å². The minimum atomic E-state index is -1.56. The maximum Gasteiger partial charge on any atom is 0.251 e. The molecule has 1 fully saturated rings. The Morgan fingerprint density at radius 1 is 0.750 bits per heavy atom. The maximum absolute atomic E-state index is 14.2. The predicted molar refractivity (Wildman–Crippen MR) is 224 cm³/mol. The fourth-order valence-electron chi connectivity index (χ4n) is 6.58. The standard InChI is InChI=1S/C22H23F3N6O3.C21H28F3N3O3/c1-12-9-15(23)20(25)21(19(12)24)34-11-17(32)16(7-2-3-8-18(26)27)29-22(33)13-5-4-6-14(10-13)30-31-28;1-12-10-14(22)19(24)20(18(12)23)30-11-16(28)15(8-4-5-9-17(25)26)27-21(29)13-6-2-3-7-13/h4-6,9-10,16H,2-3,7-8,11H2,1H3,(H3,26,27)(H,29,33);10,13,15H,2-9,11H2,1H3,(H3,25,26)(H,27,29)/t16-;15-/m00/s1. The number of carbonyl (C=O) groups is 4. The van der Waals surface area contributed by atoms with E-state index in [2.05, 4.69) is 20.7 Å². The van der Waals surface area contributed by atoms with Gasteiger partial charge in [-0.15, -0.1) is 0 Å². The van der Waals surface area contributed by atoms with E-state index in [1.807, 2.05) is 0 Å². The molecule has 3 aromatic rings. The summed E-state index contributed by atoms with van der Waals surface area (Å²) in [5.74, 6) is -12.1. The molecular formula is C43H51F6N9O6. The number of nitrogens with two attached hydrogens (primary N) is 2. The summed E-state index contributed by atoms with van der Waals surface area (Å²) in [6.45, 7) is 0.938. The molecule has 346 valence electrons. The van der Waals surface area contributed by atoms with Crippen molar-refractivity contribution < 1.29 is 55.0 Å². The number of azide groups is 1. The highest BCUT2D eigenvalue weighted by Gasteiger charge is 2.29. The lowest BCUT2D eigenvalue weighted by molar-refractivity contribution is -0.131. The Balaban J connectivity index is 0.000000343. The van der Waals surface area contributed by atoms with Crippen molar-refractivity contribution in [3.05, 3.63) is 98.4 Å². The molecule has 2 amide bonds. The van der Waals surface area contributed by atoms with Gasteiger partial charge in [0.1, 0.15) is 13.2 Å². The van der Waals surface area contributed by atoms with E-state index in [4.69, 9.17) is 37.3 Å². The van der Waals surface area contributed by atoms with Crippen molar-refractivity contribution in [2.45, 2.75) is 103 Å². The molecule has 64 heavy (non-hydrogen) atoms. The first-order valence-electron chi connectivity index (χ1n) is 20.4. The summed E-state index contributed by atoms with van der Waals surface area (Å²) in [6, 6.07) is 5.11. The van der Waals surface area contributed by atoms with Gasteiger partial charge in [-0.2, -0.15) is 8.78 Å². The number of Topliss-reactive ketones (excluding diaryl/α,β-unsaturated/α-hetero) is 2. The van der Waals surface area contributed by atoms with Crippen molar-refractivity contribution in [3.8, 4) is 11.5 Å². The first-order valence-corrected chi connectivity index (χ1v) is 20.4. The molecule has 2 atom stereocenters. The molecule has 3 aromatic carbocycles. The number of nitrogens with zero attached hydrogens (tertiary/aromatic N) is 3.